The Balaban J connectivity index is 3.98. The van der Waals surface area contributed by atoms with Crippen molar-refractivity contribution < 1.29 is 42.7 Å². The number of esters is 1. The topological polar surface area (TPSA) is 123 Å². The second-order valence-electron chi connectivity index (χ2n) is 10.1. The summed E-state index contributed by atoms with van der Waals surface area (Å²) in [6.45, 7) is 1.74. The molecule has 0 spiro atoms. The van der Waals surface area contributed by atoms with Crippen LogP contribution in [0.15, 0.2) is 48.6 Å². The molecule has 0 fully saturated rings. The SMILES string of the molecule is CCCCC[C@@H](O)/C=C/C=C\C/C=C\C/C=C\CCCC(=O)O[C@H](CO)COP(=O)(O)OCC[N+](C)(C)C. The second-order valence-corrected chi connectivity index (χ2v) is 11.5. The molecule has 38 heavy (non-hydrogen) atoms. The number of carbonyl (C=O) groups excluding carboxylic acids is 1. The van der Waals surface area contributed by atoms with Crippen molar-refractivity contribution >= 4 is 13.8 Å². The van der Waals surface area contributed by atoms with E-state index < -0.39 is 33.1 Å². The van der Waals surface area contributed by atoms with Crippen molar-refractivity contribution in [3.05, 3.63) is 48.6 Å². The number of nitrogens with zero attached hydrogens (tertiary/aromatic N) is 1. The van der Waals surface area contributed by atoms with Gasteiger partial charge in [-0.1, -0.05) is 74.8 Å². The van der Waals surface area contributed by atoms with Gasteiger partial charge in [-0.05, 0) is 32.1 Å². The van der Waals surface area contributed by atoms with E-state index >= 15 is 0 Å². The number of likely N-dealkylation sites (N-methyl/N-ethyl adjacent to an activating group) is 1. The Morgan fingerprint density at radius 2 is 1.66 bits per heavy atom. The summed E-state index contributed by atoms with van der Waals surface area (Å²) in [6.07, 6.45) is 21.7. The number of hydrogen-bond acceptors (Lipinski definition) is 7. The molecule has 0 bridgehead atoms. The van der Waals surface area contributed by atoms with Crippen LogP contribution in [0.1, 0.15) is 64.7 Å². The number of ether oxygens (including phenoxy) is 1. The van der Waals surface area contributed by atoms with E-state index in [1.54, 1.807) is 0 Å². The average molecular weight is 561 g/mol. The van der Waals surface area contributed by atoms with E-state index in [9.17, 15) is 24.5 Å². The van der Waals surface area contributed by atoms with Crippen LogP contribution < -0.4 is 0 Å². The van der Waals surface area contributed by atoms with E-state index in [0.29, 0.717) is 23.9 Å². The standard InChI is InChI=1S/C28H50NO8P/c1-5-6-16-19-26(31)20-17-14-12-10-8-7-9-11-13-15-18-21-28(32)37-27(24-30)25-36-38(33,34)35-23-22-29(2,3)4/h7-8,11-14,17,20,26-27,30-31H,5-6,9-10,15-16,18-19,21-25H2,1-4H3/p+1/b8-7-,13-11-,14-12-,20-17+/t26-,27-/m1/s1. The van der Waals surface area contributed by atoms with E-state index in [2.05, 4.69) is 19.1 Å². The number of unbranched alkanes of at least 4 members (excludes halogenated alkanes) is 3. The zero-order valence-corrected chi connectivity index (χ0v) is 24.6. The molecule has 0 aromatic heterocycles. The first-order chi connectivity index (χ1) is 18.0. The van der Waals surface area contributed by atoms with Crippen molar-refractivity contribution in [1.82, 2.24) is 0 Å². The largest absolute Gasteiger partial charge is 0.472 e. The lowest BCUT2D eigenvalue weighted by Gasteiger charge is -2.24. The van der Waals surface area contributed by atoms with Gasteiger partial charge in [-0.25, -0.2) is 4.57 Å². The normalized spacial score (nSPS) is 16.1. The molecule has 3 atom stereocenters. The number of rotatable bonds is 23. The van der Waals surface area contributed by atoms with Crippen LogP contribution in [0, 0.1) is 0 Å². The van der Waals surface area contributed by atoms with E-state index in [4.69, 9.17) is 13.8 Å². The van der Waals surface area contributed by atoms with Crippen LogP contribution in [0.2, 0.25) is 0 Å². The number of aliphatic hydroxyl groups is 2. The van der Waals surface area contributed by atoms with Crippen LogP contribution in [-0.2, 0) is 23.1 Å². The van der Waals surface area contributed by atoms with E-state index in [1.807, 2.05) is 57.6 Å². The summed E-state index contributed by atoms with van der Waals surface area (Å²) in [7, 11) is 1.47. The maximum absolute atomic E-state index is 12.0. The van der Waals surface area contributed by atoms with Crippen molar-refractivity contribution in [3.8, 4) is 0 Å². The van der Waals surface area contributed by atoms with Gasteiger partial charge >= 0.3 is 13.8 Å². The molecule has 0 aromatic carbocycles. The van der Waals surface area contributed by atoms with Crippen molar-refractivity contribution in [2.24, 2.45) is 0 Å². The summed E-state index contributed by atoms with van der Waals surface area (Å²) in [6, 6.07) is 0. The monoisotopic (exact) mass is 560 g/mol. The second kappa shape index (κ2) is 22.3. The first-order valence-corrected chi connectivity index (χ1v) is 15.0. The van der Waals surface area contributed by atoms with Crippen molar-refractivity contribution in [3.63, 3.8) is 0 Å². The highest BCUT2D eigenvalue weighted by Gasteiger charge is 2.25. The molecular weight excluding hydrogens is 509 g/mol. The molecule has 0 rings (SSSR count). The first kappa shape index (κ1) is 36.4. The highest BCUT2D eigenvalue weighted by Crippen LogP contribution is 2.43. The fourth-order valence-electron chi connectivity index (χ4n) is 2.99. The molecule has 220 valence electrons. The van der Waals surface area contributed by atoms with Gasteiger partial charge in [-0.2, -0.15) is 0 Å². The van der Waals surface area contributed by atoms with Crippen LogP contribution in [-0.4, -0.2) is 85.3 Å². The summed E-state index contributed by atoms with van der Waals surface area (Å²) < 4.78 is 27.4. The smallest absolute Gasteiger partial charge is 0.457 e. The molecule has 0 aliphatic carbocycles. The number of carbonyl (C=O) groups is 1. The Labute approximate surface area is 229 Å². The zero-order chi connectivity index (χ0) is 28.7. The number of phosphoric acid groups is 1. The van der Waals surface area contributed by atoms with Gasteiger partial charge in [0.2, 0.25) is 0 Å². The van der Waals surface area contributed by atoms with E-state index in [0.717, 1.165) is 38.5 Å². The van der Waals surface area contributed by atoms with Crippen molar-refractivity contribution in [2.75, 3.05) is 47.5 Å². The average Bonchev–Trinajstić information content (AvgIpc) is 2.83. The number of aliphatic hydroxyl groups excluding tert-OH is 2. The Bertz CT molecular complexity index is 773. The van der Waals surface area contributed by atoms with Crippen LogP contribution in [0.3, 0.4) is 0 Å². The third-order valence-electron chi connectivity index (χ3n) is 5.26. The molecule has 0 amide bonds. The predicted octanol–water partition coefficient (Wildman–Crippen LogP) is 4.85. The fraction of sp³-hybridized carbons (Fsp3) is 0.679. The van der Waals surface area contributed by atoms with Crippen LogP contribution >= 0.6 is 7.82 Å². The Morgan fingerprint density at radius 3 is 2.32 bits per heavy atom. The summed E-state index contributed by atoms with van der Waals surface area (Å²) in [4.78, 5) is 21.7. The van der Waals surface area contributed by atoms with Gasteiger partial charge in [0.25, 0.3) is 0 Å². The van der Waals surface area contributed by atoms with Gasteiger partial charge < -0.3 is 24.3 Å². The Hall–Kier alpha value is -1.58. The van der Waals surface area contributed by atoms with Gasteiger partial charge in [0.05, 0.1) is 40.5 Å². The summed E-state index contributed by atoms with van der Waals surface area (Å²) in [5, 5.41) is 19.2. The molecule has 0 saturated heterocycles. The lowest BCUT2D eigenvalue weighted by atomic mass is 10.1. The lowest BCUT2D eigenvalue weighted by molar-refractivity contribution is -0.870. The number of phosphoric ester groups is 1. The van der Waals surface area contributed by atoms with Gasteiger partial charge in [-0.15, -0.1) is 0 Å². The highest BCUT2D eigenvalue weighted by molar-refractivity contribution is 7.47. The molecule has 1 unspecified atom stereocenters. The van der Waals surface area contributed by atoms with Crippen molar-refractivity contribution in [1.29, 1.82) is 0 Å². The lowest BCUT2D eigenvalue weighted by Crippen LogP contribution is -2.37. The number of quaternary nitrogens is 1. The predicted molar refractivity (Wildman–Crippen MR) is 151 cm³/mol. The zero-order valence-electron chi connectivity index (χ0n) is 23.7. The molecular formula is C28H51NO8P+. The molecule has 0 saturated carbocycles. The molecule has 10 heteroatoms. The summed E-state index contributed by atoms with van der Waals surface area (Å²) in [5.74, 6) is -0.506. The van der Waals surface area contributed by atoms with Crippen molar-refractivity contribution in [2.45, 2.75) is 76.9 Å². The molecule has 3 N–H and O–H groups in total. The van der Waals surface area contributed by atoms with E-state index in [1.165, 1.54) is 0 Å². The van der Waals surface area contributed by atoms with Gasteiger partial charge in [0, 0.05) is 6.42 Å². The minimum Gasteiger partial charge on any atom is -0.457 e. The van der Waals surface area contributed by atoms with Crippen LogP contribution in [0.5, 0.6) is 0 Å². The Morgan fingerprint density at radius 1 is 0.974 bits per heavy atom. The third kappa shape index (κ3) is 24.7. The maximum atomic E-state index is 12.0. The number of allylic oxidation sites excluding steroid dienone is 7. The van der Waals surface area contributed by atoms with Crippen LogP contribution in [0.4, 0.5) is 0 Å². The maximum Gasteiger partial charge on any atom is 0.472 e. The number of hydrogen-bond donors (Lipinski definition) is 3. The highest BCUT2D eigenvalue weighted by atomic mass is 31.2. The van der Waals surface area contributed by atoms with E-state index in [-0.39, 0.29) is 19.1 Å². The molecule has 0 radical (unpaired) electrons. The fourth-order valence-corrected chi connectivity index (χ4v) is 3.73. The minimum atomic E-state index is -4.29. The van der Waals surface area contributed by atoms with Crippen LogP contribution in [0.25, 0.3) is 0 Å². The first-order valence-electron chi connectivity index (χ1n) is 13.5. The molecule has 0 aromatic rings. The molecule has 0 heterocycles. The van der Waals surface area contributed by atoms with Gasteiger partial charge in [0.1, 0.15) is 19.3 Å². The molecule has 0 aliphatic rings. The third-order valence-corrected chi connectivity index (χ3v) is 6.24. The minimum absolute atomic E-state index is 0.0316. The summed E-state index contributed by atoms with van der Waals surface area (Å²) >= 11 is 0. The molecule has 9 nitrogen and oxygen atoms in total. The summed E-state index contributed by atoms with van der Waals surface area (Å²) in [5.41, 5.74) is 0. The van der Waals surface area contributed by atoms with Gasteiger partial charge in [-0.3, -0.25) is 13.8 Å². The molecule has 0 aliphatic heterocycles. The quantitative estimate of drug-likeness (QED) is 0.0405. The Kier molecular flexibility index (Phi) is 21.3. The van der Waals surface area contributed by atoms with Gasteiger partial charge in [0.15, 0.2) is 0 Å².